The molecule has 0 radical (unpaired) electrons. The Bertz CT molecular complexity index is 8180. The van der Waals surface area contributed by atoms with Gasteiger partial charge in [0.15, 0.2) is 29.1 Å². The second-order valence-electron chi connectivity index (χ2n) is 31.0. The molecule has 1 aliphatic rings. The van der Waals surface area contributed by atoms with E-state index in [0.717, 1.165) is 132 Å². The molecule has 24 rings (SSSR count). The summed E-state index contributed by atoms with van der Waals surface area (Å²) < 4.78 is 6.98. The summed E-state index contributed by atoms with van der Waals surface area (Å²) in [5.74, 6) is 2.95. The number of nitrogens with one attached hydrogen (secondary N) is 2. The molecule has 0 spiro atoms. The zero-order chi connectivity index (χ0) is 79.8. The molecule has 0 unspecified atom stereocenters. The molecule has 0 saturated carbocycles. The summed E-state index contributed by atoms with van der Waals surface area (Å²) in [5.41, 5.74) is 23.4. The number of aromatic amines is 2. The summed E-state index contributed by atoms with van der Waals surface area (Å²) >= 11 is 0. The van der Waals surface area contributed by atoms with Crippen LogP contribution in [0.5, 0.6) is 11.5 Å². The van der Waals surface area contributed by atoms with E-state index in [4.69, 9.17) is 39.9 Å². The van der Waals surface area contributed by atoms with Crippen molar-refractivity contribution in [2.24, 2.45) is 0 Å². The third kappa shape index (κ3) is 12.2. The summed E-state index contributed by atoms with van der Waals surface area (Å²) in [6, 6.07) is 121. The number of fused-ring (bicyclic) bond motifs is 20. The first-order valence-corrected chi connectivity index (χ1v) is 40.1. The number of hydrogen-bond donors (Lipinski definition) is 0. The van der Waals surface area contributed by atoms with Gasteiger partial charge in [0.2, 0.25) is 28.4 Å². The number of H-pyrrole nitrogens is 2. The summed E-state index contributed by atoms with van der Waals surface area (Å²) in [4.78, 5) is 48.4. The number of nitrogens with zero attached hydrogens (tertiary/aromatic N) is 11. The topological polar surface area (TPSA) is 192 Å². The second kappa shape index (κ2) is 29.8. The number of hydrogen-bond acceptors (Lipinski definition) is 10. The fraction of sp³-hybridized carbons (Fsp3) is 0.0286. The van der Waals surface area contributed by atoms with Crippen LogP contribution in [0.2, 0.25) is 0 Å². The van der Waals surface area contributed by atoms with Crippen LogP contribution < -0.4 is 57.9 Å². The van der Waals surface area contributed by atoms with Crippen LogP contribution in [0.4, 0.5) is 0 Å². The number of aromatic nitrogens is 13. The van der Waals surface area contributed by atoms with Crippen molar-refractivity contribution in [3.8, 4) is 120 Å². The monoisotopic (exact) mass is 1560 g/mol. The molecule has 0 saturated heterocycles. The van der Waals surface area contributed by atoms with Gasteiger partial charge in [-0.25, -0.2) is 39.9 Å². The van der Waals surface area contributed by atoms with Gasteiger partial charge in [0.25, 0.3) is 0 Å². The molecule has 2 N–H and O–H groups in total. The van der Waals surface area contributed by atoms with Crippen LogP contribution >= 0.6 is 0 Å². The smallest absolute Gasteiger partial charge is 0.872 e. The van der Waals surface area contributed by atoms with Gasteiger partial charge in [-0.3, -0.25) is 4.57 Å². The molecule has 564 valence electrons. The maximum atomic E-state index is 12.8. The van der Waals surface area contributed by atoms with E-state index in [2.05, 4.69) is 232 Å². The number of pyridine rings is 4. The predicted octanol–water partition coefficient (Wildman–Crippen LogP) is 16.2. The second-order valence-corrected chi connectivity index (χ2v) is 31.0. The molecule has 0 atom stereocenters. The molecular formula is C105H67Li2N13O2+2. The summed E-state index contributed by atoms with van der Waals surface area (Å²) in [7, 11) is 0. The third-order valence-corrected chi connectivity index (χ3v) is 23.7. The van der Waals surface area contributed by atoms with Gasteiger partial charge in [0.05, 0.1) is 33.1 Å². The van der Waals surface area contributed by atoms with Crippen molar-refractivity contribution >= 4 is 109 Å². The summed E-state index contributed by atoms with van der Waals surface area (Å²) in [6.45, 7) is 4.70. The Kier molecular flexibility index (Phi) is 18.2. The van der Waals surface area contributed by atoms with Crippen molar-refractivity contribution < 1.29 is 57.9 Å². The van der Waals surface area contributed by atoms with Gasteiger partial charge in [0.1, 0.15) is 22.4 Å². The van der Waals surface area contributed by atoms with Gasteiger partial charge >= 0.3 is 37.7 Å². The Morgan fingerprint density at radius 1 is 0.270 bits per heavy atom. The van der Waals surface area contributed by atoms with Crippen LogP contribution in [-0.4, -0.2) is 53.6 Å². The fourth-order valence-corrected chi connectivity index (χ4v) is 18.1. The zero-order valence-corrected chi connectivity index (χ0v) is 66.8. The predicted molar refractivity (Wildman–Crippen MR) is 476 cm³/mol. The Morgan fingerprint density at radius 3 is 1.17 bits per heavy atom. The van der Waals surface area contributed by atoms with Crippen LogP contribution in [0.1, 0.15) is 25.0 Å². The van der Waals surface area contributed by atoms with Crippen molar-refractivity contribution in [1.29, 1.82) is 0 Å². The van der Waals surface area contributed by atoms with Gasteiger partial charge in [-0.2, -0.15) is 9.97 Å². The van der Waals surface area contributed by atoms with Crippen molar-refractivity contribution in [2.45, 2.75) is 19.3 Å². The third-order valence-electron chi connectivity index (χ3n) is 23.7. The number of rotatable bonds is 10. The van der Waals surface area contributed by atoms with Crippen LogP contribution in [0.15, 0.2) is 358 Å². The minimum Gasteiger partial charge on any atom is -0.872 e. The molecule has 122 heavy (non-hydrogen) atoms. The maximum absolute atomic E-state index is 12.8. The first kappa shape index (κ1) is 74.5. The molecule has 23 aromatic rings. The van der Waals surface area contributed by atoms with Crippen molar-refractivity contribution in [3.63, 3.8) is 0 Å². The van der Waals surface area contributed by atoms with Crippen LogP contribution in [0.3, 0.4) is 0 Å². The number of para-hydroxylation sites is 6. The molecule has 0 aliphatic heterocycles. The molecule has 14 aromatic carbocycles. The van der Waals surface area contributed by atoms with Crippen LogP contribution in [-0.2, 0) is 5.41 Å². The Morgan fingerprint density at radius 2 is 0.639 bits per heavy atom. The molecule has 15 nitrogen and oxygen atoms in total. The maximum Gasteiger partial charge on any atom is 1.00 e. The minimum atomic E-state index is -0.182. The van der Waals surface area contributed by atoms with E-state index in [-0.39, 0.29) is 54.6 Å². The van der Waals surface area contributed by atoms with Gasteiger partial charge in [-0.1, -0.05) is 268 Å². The van der Waals surface area contributed by atoms with Crippen molar-refractivity contribution in [3.05, 3.63) is 369 Å². The minimum absolute atomic E-state index is 0. The molecule has 0 fully saturated rings. The standard InChI is InChI=1S/C54H36N6O.C51H31N7O.2Li/c1-54(2)42-17-9-6-14-37(42)39-28-29-40-38-15-7-10-18-45(38)60(50(40)47(39)54)36-26-22-35(23-27-36)52-57-51(34-12-4-3-5-13-34)58-53(59-52)44-31-25-33-21-20-32-24-30-43(55-48(32)49(33)56-44)41-16-8-11-19-46(41)61;59-44-22-12-9-19-39(44)40-29-25-31-23-24-32-26-30-41(53-46(32)45(31)52-40)50-54-49(33-13-3-1-4-14-33)55-51(56-50)58-43-21-11-8-18-36(43)38-28-27-37-35-17-7-10-20-42(35)57(47(37)48(38)58)34-15-5-2-6-16-34;;/h3-31,61H,1-2H3;1-30,59H;;/q;;2*+1. The van der Waals surface area contributed by atoms with Crippen LogP contribution in [0, 0.1) is 0 Å². The number of benzene rings is 14. The van der Waals surface area contributed by atoms with Gasteiger partial charge in [0, 0.05) is 111 Å². The summed E-state index contributed by atoms with van der Waals surface area (Å²) in [5, 5.41) is 36.4. The molecular weight excluding hydrogens is 1490 g/mol. The van der Waals surface area contributed by atoms with Crippen LogP contribution in [0.25, 0.3) is 217 Å². The fourth-order valence-electron chi connectivity index (χ4n) is 18.1. The zero-order valence-electron chi connectivity index (χ0n) is 66.8. The van der Waals surface area contributed by atoms with E-state index in [1.54, 1.807) is 24.3 Å². The average Bonchev–Trinajstić information content (AvgIpc) is 1.54. The Labute approximate surface area is 723 Å². The van der Waals surface area contributed by atoms with Crippen molar-refractivity contribution in [1.82, 2.24) is 53.6 Å². The van der Waals surface area contributed by atoms with E-state index in [0.29, 0.717) is 57.6 Å². The summed E-state index contributed by atoms with van der Waals surface area (Å²) in [6.07, 6.45) is 0. The van der Waals surface area contributed by atoms with E-state index in [1.807, 2.05) is 140 Å². The largest absolute Gasteiger partial charge is 1.00 e. The molecule has 1 aliphatic carbocycles. The SMILES string of the molecule is CC1(C)c2ccccc2-c2ccc3c4ccccc4n(-c4ccc(-c5nc(-c6ccccc6)nc(-c6ccc7ccc8ccc(-c9ccccc9[O-])[nH+]c8c7n6)n5)cc4)c3c21.[Li+].[Li+].[O-]c1ccccc1-c1ccc2ccc3ccc(-c4nc(-c5ccccc5)nc(-n5c6ccccc6c6ccc7c8ccccc8n(-c8ccccc8)c7c65)n4)nc3c2[nH+]1. The quantitative estimate of drug-likeness (QED) is 0.0940. The normalized spacial score (nSPS) is 12.2. The van der Waals surface area contributed by atoms with Crippen molar-refractivity contribution in [2.75, 3.05) is 0 Å². The van der Waals surface area contributed by atoms with E-state index in [9.17, 15) is 10.2 Å². The van der Waals surface area contributed by atoms with E-state index < -0.39 is 0 Å². The van der Waals surface area contributed by atoms with Gasteiger partial charge < -0.3 is 19.3 Å². The molecule has 0 amide bonds. The molecule has 17 heteroatoms. The molecule has 9 aromatic heterocycles. The molecule has 9 heterocycles. The Balaban J connectivity index is 0.000000148. The first-order valence-electron chi connectivity index (χ1n) is 40.1. The van der Waals surface area contributed by atoms with E-state index in [1.165, 1.54) is 38.5 Å². The van der Waals surface area contributed by atoms with Gasteiger partial charge in [-0.05, 0) is 125 Å². The first-order chi connectivity index (χ1) is 59.1. The van der Waals surface area contributed by atoms with E-state index >= 15 is 0 Å². The molecule has 0 bridgehead atoms. The Hall–Kier alpha value is -15.1. The average molecular weight is 1560 g/mol. The van der Waals surface area contributed by atoms with Gasteiger partial charge in [-0.15, -0.1) is 0 Å².